The summed E-state index contributed by atoms with van der Waals surface area (Å²) in [6, 6.07) is 16.5. The molecule has 2 rings (SSSR count). The van der Waals surface area contributed by atoms with Crippen LogP contribution in [0.5, 0.6) is 0 Å². The van der Waals surface area contributed by atoms with Crippen LogP contribution in [-0.2, 0) is 0 Å². The Bertz CT molecular complexity index is 510. The van der Waals surface area contributed by atoms with E-state index in [1.807, 2.05) is 18.2 Å². The summed E-state index contributed by atoms with van der Waals surface area (Å²) in [4.78, 5) is 0. The summed E-state index contributed by atoms with van der Waals surface area (Å²) in [6.45, 7) is 0.652. The lowest BCUT2D eigenvalue weighted by atomic mass is 9.84. The monoisotopic (exact) mass is 272 g/mol. The van der Waals surface area contributed by atoms with E-state index >= 15 is 0 Å². The lowest BCUT2D eigenvalue weighted by Crippen LogP contribution is -2.21. The van der Waals surface area contributed by atoms with Crippen LogP contribution in [0.15, 0.2) is 54.6 Å². The molecule has 0 heterocycles. The molecule has 0 saturated heterocycles. The molecule has 0 aromatic heterocycles. The maximum absolute atomic E-state index is 13.0. The summed E-state index contributed by atoms with van der Waals surface area (Å²) in [5, 5.41) is 0. The van der Waals surface area contributed by atoms with Crippen molar-refractivity contribution in [3.8, 4) is 0 Å². The van der Waals surface area contributed by atoms with Gasteiger partial charge >= 0.3 is 0 Å². The van der Waals surface area contributed by atoms with Crippen molar-refractivity contribution in [3.63, 3.8) is 0 Å². The highest BCUT2D eigenvalue weighted by Gasteiger charge is 2.20. The van der Waals surface area contributed by atoms with Crippen LogP contribution in [0, 0.1) is 5.82 Å². The quantitative estimate of drug-likeness (QED) is 0.847. The molecule has 2 aromatic rings. The van der Waals surface area contributed by atoms with Crippen molar-refractivity contribution in [2.75, 3.05) is 6.54 Å². The molecule has 20 heavy (non-hydrogen) atoms. The maximum Gasteiger partial charge on any atom is 0.123 e. The third-order valence-electron chi connectivity index (χ3n) is 3.64. The fourth-order valence-corrected chi connectivity index (χ4v) is 2.51. The predicted molar refractivity (Wildman–Crippen MR) is 80.8 cm³/mol. The topological polar surface area (TPSA) is 52.0 Å². The van der Waals surface area contributed by atoms with E-state index in [1.165, 1.54) is 17.7 Å². The lowest BCUT2D eigenvalue weighted by molar-refractivity contribution is 0.503. The van der Waals surface area contributed by atoms with Crippen LogP contribution in [0.25, 0.3) is 0 Å². The largest absolute Gasteiger partial charge is 0.330 e. The van der Waals surface area contributed by atoms with Crippen LogP contribution in [0.1, 0.15) is 35.9 Å². The zero-order valence-electron chi connectivity index (χ0n) is 11.5. The summed E-state index contributed by atoms with van der Waals surface area (Å²) in [5.41, 5.74) is 14.2. The number of benzene rings is 2. The normalized spacial score (nSPS) is 13.9. The average Bonchev–Trinajstić information content (AvgIpc) is 2.49. The van der Waals surface area contributed by atoms with Gasteiger partial charge in [0.2, 0.25) is 0 Å². The van der Waals surface area contributed by atoms with Crippen LogP contribution < -0.4 is 11.5 Å². The highest BCUT2D eigenvalue weighted by molar-refractivity contribution is 5.28. The second-order valence-corrected chi connectivity index (χ2v) is 5.03. The van der Waals surface area contributed by atoms with Crippen LogP contribution in [0.4, 0.5) is 4.39 Å². The SMILES string of the molecule is NCCCC(c1ccccc1)C(N)c1ccc(F)cc1. The Morgan fingerprint density at radius 3 is 2.15 bits per heavy atom. The van der Waals surface area contributed by atoms with Crippen molar-refractivity contribution < 1.29 is 4.39 Å². The molecule has 4 N–H and O–H groups in total. The Morgan fingerprint density at radius 2 is 1.55 bits per heavy atom. The minimum Gasteiger partial charge on any atom is -0.330 e. The van der Waals surface area contributed by atoms with Crippen molar-refractivity contribution in [3.05, 3.63) is 71.5 Å². The van der Waals surface area contributed by atoms with Gasteiger partial charge in [0, 0.05) is 12.0 Å². The van der Waals surface area contributed by atoms with Gasteiger partial charge in [0.05, 0.1) is 0 Å². The Morgan fingerprint density at radius 1 is 0.900 bits per heavy atom. The number of nitrogens with two attached hydrogens (primary N) is 2. The molecule has 0 spiro atoms. The van der Waals surface area contributed by atoms with E-state index in [1.54, 1.807) is 12.1 Å². The molecule has 2 unspecified atom stereocenters. The minimum absolute atomic E-state index is 0.149. The highest BCUT2D eigenvalue weighted by atomic mass is 19.1. The third kappa shape index (κ3) is 3.65. The third-order valence-corrected chi connectivity index (χ3v) is 3.64. The second kappa shape index (κ2) is 7.17. The van der Waals surface area contributed by atoms with Gasteiger partial charge in [0.15, 0.2) is 0 Å². The molecular formula is C17H21FN2. The fourth-order valence-electron chi connectivity index (χ4n) is 2.51. The smallest absolute Gasteiger partial charge is 0.123 e. The van der Waals surface area contributed by atoms with Crippen molar-refractivity contribution in [1.29, 1.82) is 0 Å². The summed E-state index contributed by atoms with van der Waals surface area (Å²) in [7, 11) is 0. The molecule has 0 fully saturated rings. The van der Waals surface area contributed by atoms with Gasteiger partial charge in [-0.15, -0.1) is 0 Å². The standard InChI is InChI=1S/C17H21FN2/c18-15-10-8-14(9-11-15)17(20)16(7-4-12-19)13-5-2-1-3-6-13/h1-3,5-6,8-11,16-17H,4,7,12,19-20H2. The van der Waals surface area contributed by atoms with Crippen molar-refractivity contribution in [2.45, 2.75) is 24.8 Å². The summed E-state index contributed by atoms with van der Waals surface area (Å²) in [6.07, 6.45) is 1.85. The van der Waals surface area contributed by atoms with Gasteiger partial charge < -0.3 is 11.5 Å². The maximum atomic E-state index is 13.0. The molecule has 0 saturated carbocycles. The molecule has 3 heteroatoms. The average molecular weight is 272 g/mol. The first-order valence-corrected chi connectivity index (χ1v) is 6.98. The van der Waals surface area contributed by atoms with E-state index in [4.69, 9.17) is 11.5 Å². The first-order chi connectivity index (χ1) is 9.72. The fraction of sp³-hybridized carbons (Fsp3) is 0.294. The zero-order valence-corrected chi connectivity index (χ0v) is 11.5. The lowest BCUT2D eigenvalue weighted by Gasteiger charge is -2.25. The van der Waals surface area contributed by atoms with Crippen molar-refractivity contribution in [1.82, 2.24) is 0 Å². The van der Waals surface area contributed by atoms with E-state index in [0.717, 1.165) is 18.4 Å². The predicted octanol–water partition coefficient (Wildman–Crippen LogP) is 3.35. The van der Waals surface area contributed by atoms with E-state index in [0.29, 0.717) is 6.54 Å². The molecule has 0 amide bonds. The molecule has 2 aromatic carbocycles. The van der Waals surface area contributed by atoms with E-state index in [9.17, 15) is 4.39 Å². The molecule has 0 bridgehead atoms. The Kier molecular flexibility index (Phi) is 5.27. The van der Waals surface area contributed by atoms with Crippen LogP contribution in [0.3, 0.4) is 0 Å². The zero-order chi connectivity index (χ0) is 14.4. The van der Waals surface area contributed by atoms with Crippen molar-refractivity contribution >= 4 is 0 Å². The van der Waals surface area contributed by atoms with Gasteiger partial charge in [-0.2, -0.15) is 0 Å². The summed E-state index contributed by atoms with van der Waals surface area (Å²) in [5.74, 6) is -0.0376. The molecule has 106 valence electrons. The molecule has 0 aliphatic carbocycles. The first kappa shape index (κ1) is 14.7. The van der Waals surface area contributed by atoms with Gasteiger partial charge in [-0.05, 0) is 42.6 Å². The van der Waals surface area contributed by atoms with Gasteiger partial charge in [-0.1, -0.05) is 42.5 Å². The van der Waals surface area contributed by atoms with Crippen LogP contribution in [0.2, 0.25) is 0 Å². The molecule has 0 aliphatic heterocycles. The second-order valence-electron chi connectivity index (χ2n) is 5.03. The molecule has 0 radical (unpaired) electrons. The highest BCUT2D eigenvalue weighted by Crippen LogP contribution is 2.32. The molecule has 2 nitrogen and oxygen atoms in total. The van der Waals surface area contributed by atoms with E-state index < -0.39 is 0 Å². The Balaban J connectivity index is 2.23. The number of hydrogen-bond acceptors (Lipinski definition) is 2. The minimum atomic E-state index is -0.237. The van der Waals surface area contributed by atoms with Gasteiger partial charge in [0.25, 0.3) is 0 Å². The van der Waals surface area contributed by atoms with E-state index in [-0.39, 0.29) is 17.8 Å². The van der Waals surface area contributed by atoms with E-state index in [2.05, 4.69) is 12.1 Å². The molecular weight excluding hydrogens is 251 g/mol. The molecule has 2 atom stereocenters. The van der Waals surface area contributed by atoms with Gasteiger partial charge in [-0.25, -0.2) is 4.39 Å². The number of halogens is 1. The number of hydrogen-bond donors (Lipinski definition) is 2. The Labute approximate surface area is 119 Å². The number of rotatable bonds is 6. The van der Waals surface area contributed by atoms with Gasteiger partial charge in [0.1, 0.15) is 5.82 Å². The van der Waals surface area contributed by atoms with Gasteiger partial charge in [-0.3, -0.25) is 0 Å². The van der Waals surface area contributed by atoms with Crippen molar-refractivity contribution in [2.24, 2.45) is 11.5 Å². The molecule has 0 aliphatic rings. The van der Waals surface area contributed by atoms with Crippen LogP contribution in [-0.4, -0.2) is 6.54 Å². The summed E-state index contributed by atoms with van der Waals surface area (Å²) < 4.78 is 13.0. The first-order valence-electron chi connectivity index (χ1n) is 6.98. The summed E-state index contributed by atoms with van der Waals surface area (Å²) >= 11 is 0. The van der Waals surface area contributed by atoms with Crippen LogP contribution >= 0.6 is 0 Å². The Hall–Kier alpha value is -1.71.